The lowest BCUT2D eigenvalue weighted by molar-refractivity contribution is -0.136. The number of ether oxygens (including phenoxy) is 1. The molecule has 2 aliphatic rings. The van der Waals surface area contributed by atoms with Gasteiger partial charge in [-0.1, -0.05) is 32.8 Å². The van der Waals surface area contributed by atoms with Crippen LogP contribution >= 0.6 is 0 Å². The van der Waals surface area contributed by atoms with Crippen LogP contribution in [0.1, 0.15) is 62.7 Å². The average Bonchev–Trinajstić information content (AvgIpc) is 3.01. The van der Waals surface area contributed by atoms with Crippen molar-refractivity contribution in [2.45, 2.75) is 52.4 Å². The van der Waals surface area contributed by atoms with Crippen molar-refractivity contribution in [3.63, 3.8) is 0 Å². The number of carbonyl (C=O) groups excluding carboxylic acids is 2. The molecule has 2 fully saturated rings. The van der Waals surface area contributed by atoms with Gasteiger partial charge in [-0.05, 0) is 49.8 Å². The predicted molar refractivity (Wildman–Crippen MR) is 110 cm³/mol. The van der Waals surface area contributed by atoms with E-state index in [0.29, 0.717) is 37.1 Å². The molecule has 1 aromatic carbocycles. The SMILES string of the molecule is CC(C)COc1cccc(C(=O)N2CCC(C(=O)N3CCCCCC3)CC2)c1. The van der Waals surface area contributed by atoms with E-state index in [1.165, 1.54) is 12.8 Å². The third-order valence-corrected chi connectivity index (χ3v) is 5.71. The predicted octanol–water partition coefficient (Wildman–Crippen LogP) is 3.98. The summed E-state index contributed by atoms with van der Waals surface area (Å²) in [6.07, 6.45) is 6.25. The number of nitrogens with zero attached hydrogens (tertiary/aromatic N) is 2. The zero-order valence-electron chi connectivity index (χ0n) is 17.4. The molecular weight excluding hydrogens is 352 g/mol. The van der Waals surface area contributed by atoms with Crippen LogP contribution in [0.4, 0.5) is 0 Å². The Labute approximate surface area is 169 Å². The van der Waals surface area contributed by atoms with E-state index >= 15 is 0 Å². The number of carbonyl (C=O) groups is 2. The third kappa shape index (κ3) is 5.49. The van der Waals surface area contributed by atoms with E-state index in [4.69, 9.17) is 4.74 Å². The molecule has 0 bridgehead atoms. The molecule has 5 heteroatoms. The molecule has 0 radical (unpaired) electrons. The standard InChI is InChI=1S/C23H34N2O3/c1-18(2)17-28-21-9-7-8-20(16-21)23(27)25-14-10-19(11-15-25)22(26)24-12-5-3-4-6-13-24/h7-9,16,18-19H,3-6,10-15,17H2,1-2H3. The highest BCUT2D eigenvalue weighted by molar-refractivity contribution is 5.94. The lowest BCUT2D eigenvalue weighted by atomic mass is 9.94. The molecule has 0 N–H and O–H groups in total. The number of rotatable bonds is 5. The summed E-state index contributed by atoms with van der Waals surface area (Å²) in [5.41, 5.74) is 0.665. The Kier molecular flexibility index (Phi) is 7.35. The molecule has 0 aromatic heterocycles. The molecule has 2 heterocycles. The maximum atomic E-state index is 12.9. The summed E-state index contributed by atoms with van der Waals surface area (Å²) in [5, 5.41) is 0. The van der Waals surface area contributed by atoms with E-state index < -0.39 is 0 Å². The Balaban J connectivity index is 1.53. The van der Waals surface area contributed by atoms with Crippen LogP contribution in [-0.4, -0.2) is 54.4 Å². The summed E-state index contributed by atoms with van der Waals surface area (Å²) in [6, 6.07) is 7.45. The molecule has 3 rings (SSSR count). The van der Waals surface area contributed by atoms with E-state index in [1.807, 2.05) is 29.2 Å². The number of hydrogen-bond donors (Lipinski definition) is 0. The maximum absolute atomic E-state index is 12.9. The molecule has 0 saturated carbocycles. The molecule has 5 nitrogen and oxygen atoms in total. The summed E-state index contributed by atoms with van der Waals surface area (Å²) in [7, 11) is 0. The number of amides is 2. The first-order valence-corrected chi connectivity index (χ1v) is 10.9. The molecule has 2 saturated heterocycles. The number of likely N-dealkylation sites (tertiary alicyclic amines) is 2. The van der Waals surface area contributed by atoms with Gasteiger partial charge in [0.2, 0.25) is 5.91 Å². The second-order valence-electron chi connectivity index (χ2n) is 8.54. The van der Waals surface area contributed by atoms with Crippen molar-refractivity contribution in [3.8, 4) is 5.75 Å². The lowest BCUT2D eigenvalue weighted by Crippen LogP contribution is -2.44. The molecule has 2 amide bonds. The highest BCUT2D eigenvalue weighted by Gasteiger charge is 2.30. The summed E-state index contributed by atoms with van der Waals surface area (Å²) in [4.78, 5) is 29.7. The highest BCUT2D eigenvalue weighted by Crippen LogP contribution is 2.24. The normalized spacial score (nSPS) is 18.8. The van der Waals surface area contributed by atoms with E-state index in [2.05, 4.69) is 18.7 Å². The minimum Gasteiger partial charge on any atom is -0.493 e. The topological polar surface area (TPSA) is 49.9 Å². The number of hydrogen-bond acceptors (Lipinski definition) is 3. The zero-order chi connectivity index (χ0) is 19.9. The molecule has 0 aliphatic carbocycles. The second kappa shape index (κ2) is 9.94. The molecule has 28 heavy (non-hydrogen) atoms. The van der Waals surface area contributed by atoms with Gasteiger partial charge in [0.25, 0.3) is 5.91 Å². The van der Waals surface area contributed by atoms with E-state index in [-0.39, 0.29) is 11.8 Å². The van der Waals surface area contributed by atoms with Gasteiger partial charge in [-0.2, -0.15) is 0 Å². The fourth-order valence-electron chi connectivity index (χ4n) is 4.04. The van der Waals surface area contributed by atoms with Gasteiger partial charge < -0.3 is 14.5 Å². The van der Waals surface area contributed by atoms with Gasteiger partial charge in [-0.3, -0.25) is 9.59 Å². The summed E-state index contributed by atoms with van der Waals surface area (Å²) in [6.45, 7) is 7.96. The molecular formula is C23H34N2O3. The van der Waals surface area contributed by atoms with Crippen molar-refractivity contribution in [2.75, 3.05) is 32.8 Å². The Hall–Kier alpha value is -2.04. The summed E-state index contributed by atoms with van der Waals surface area (Å²) >= 11 is 0. The maximum Gasteiger partial charge on any atom is 0.253 e. The van der Waals surface area contributed by atoms with Crippen LogP contribution < -0.4 is 4.74 Å². The fraction of sp³-hybridized carbons (Fsp3) is 0.652. The largest absolute Gasteiger partial charge is 0.493 e. The van der Waals surface area contributed by atoms with Crippen LogP contribution in [0, 0.1) is 11.8 Å². The van der Waals surface area contributed by atoms with Crippen LogP contribution in [0.15, 0.2) is 24.3 Å². The lowest BCUT2D eigenvalue weighted by Gasteiger charge is -2.34. The van der Waals surface area contributed by atoms with Gasteiger partial charge >= 0.3 is 0 Å². The van der Waals surface area contributed by atoms with Crippen molar-refractivity contribution in [1.82, 2.24) is 9.80 Å². The van der Waals surface area contributed by atoms with Crippen molar-refractivity contribution >= 4 is 11.8 Å². The number of piperidine rings is 1. The Bertz CT molecular complexity index is 658. The van der Waals surface area contributed by atoms with Crippen LogP contribution in [0.2, 0.25) is 0 Å². The molecule has 0 unspecified atom stereocenters. The number of benzene rings is 1. The van der Waals surface area contributed by atoms with Gasteiger partial charge in [0.1, 0.15) is 5.75 Å². The van der Waals surface area contributed by atoms with Crippen LogP contribution in [0.3, 0.4) is 0 Å². The van der Waals surface area contributed by atoms with Crippen LogP contribution in [0.25, 0.3) is 0 Å². The monoisotopic (exact) mass is 386 g/mol. The fourth-order valence-corrected chi connectivity index (χ4v) is 4.04. The average molecular weight is 387 g/mol. The smallest absolute Gasteiger partial charge is 0.253 e. The van der Waals surface area contributed by atoms with Crippen molar-refractivity contribution in [2.24, 2.45) is 11.8 Å². The van der Waals surface area contributed by atoms with Crippen molar-refractivity contribution in [3.05, 3.63) is 29.8 Å². The summed E-state index contributed by atoms with van der Waals surface area (Å²) < 4.78 is 5.75. The van der Waals surface area contributed by atoms with E-state index in [0.717, 1.165) is 44.5 Å². The minimum absolute atomic E-state index is 0.0377. The Morgan fingerprint density at radius 2 is 1.68 bits per heavy atom. The van der Waals surface area contributed by atoms with Gasteiger partial charge in [0.05, 0.1) is 6.61 Å². The van der Waals surface area contributed by atoms with Crippen LogP contribution in [-0.2, 0) is 4.79 Å². The van der Waals surface area contributed by atoms with Crippen molar-refractivity contribution in [1.29, 1.82) is 0 Å². The quantitative estimate of drug-likeness (QED) is 0.769. The van der Waals surface area contributed by atoms with Crippen molar-refractivity contribution < 1.29 is 14.3 Å². The molecule has 2 aliphatic heterocycles. The molecule has 0 spiro atoms. The van der Waals surface area contributed by atoms with Gasteiger partial charge in [0.15, 0.2) is 0 Å². The third-order valence-electron chi connectivity index (χ3n) is 5.71. The van der Waals surface area contributed by atoms with Gasteiger partial charge in [-0.15, -0.1) is 0 Å². The minimum atomic E-state index is 0.0377. The first-order chi connectivity index (χ1) is 13.5. The van der Waals surface area contributed by atoms with Gasteiger partial charge in [0, 0.05) is 37.7 Å². The molecule has 154 valence electrons. The van der Waals surface area contributed by atoms with Crippen LogP contribution in [0.5, 0.6) is 5.75 Å². The zero-order valence-corrected chi connectivity index (χ0v) is 17.4. The summed E-state index contributed by atoms with van der Waals surface area (Å²) in [5.74, 6) is 1.60. The van der Waals surface area contributed by atoms with E-state index in [1.54, 1.807) is 0 Å². The molecule has 0 atom stereocenters. The van der Waals surface area contributed by atoms with E-state index in [9.17, 15) is 9.59 Å². The first kappa shape index (κ1) is 20.7. The second-order valence-corrected chi connectivity index (χ2v) is 8.54. The Morgan fingerprint density at radius 3 is 2.32 bits per heavy atom. The molecule has 1 aromatic rings. The Morgan fingerprint density at radius 1 is 1.00 bits per heavy atom. The highest BCUT2D eigenvalue weighted by atomic mass is 16.5. The van der Waals surface area contributed by atoms with Gasteiger partial charge in [-0.25, -0.2) is 0 Å². The first-order valence-electron chi connectivity index (χ1n) is 10.9.